The minimum Gasteiger partial charge on any atom is -0.368 e. The Hall–Kier alpha value is -2.13. The van der Waals surface area contributed by atoms with E-state index in [1.165, 1.54) is 17.5 Å². The van der Waals surface area contributed by atoms with Crippen LogP contribution in [0.25, 0.3) is 0 Å². The lowest BCUT2D eigenvalue weighted by Crippen LogP contribution is -2.60. The minimum absolute atomic E-state index is 0.0996. The number of fused-ring (bicyclic) bond motifs is 3. The van der Waals surface area contributed by atoms with Gasteiger partial charge in [-0.1, -0.05) is 60.7 Å². The van der Waals surface area contributed by atoms with E-state index >= 15 is 0 Å². The Morgan fingerprint density at radius 1 is 0.958 bits per heavy atom. The molecule has 2 bridgehead atoms. The van der Waals surface area contributed by atoms with Gasteiger partial charge in [0.2, 0.25) is 5.91 Å². The van der Waals surface area contributed by atoms with Crippen molar-refractivity contribution in [3.63, 3.8) is 0 Å². The smallest absolute Gasteiger partial charge is 0.234 e. The second-order valence-corrected chi connectivity index (χ2v) is 7.15. The second kappa shape index (κ2) is 6.40. The largest absolute Gasteiger partial charge is 0.368 e. The molecule has 2 N–H and O–H groups in total. The number of nitrogens with two attached hydrogens (primary N) is 1. The molecule has 5 rings (SSSR count). The minimum atomic E-state index is -0.163. The van der Waals surface area contributed by atoms with Crippen LogP contribution in [-0.4, -0.2) is 29.4 Å². The molecular formula is C21H24N2O. The van der Waals surface area contributed by atoms with Gasteiger partial charge >= 0.3 is 0 Å². The normalized spacial score (nSPS) is 28.9. The van der Waals surface area contributed by atoms with E-state index in [2.05, 4.69) is 65.6 Å². The van der Waals surface area contributed by atoms with E-state index in [1.807, 2.05) is 0 Å². The van der Waals surface area contributed by atoms with Crippen LogP contribution in [0.2, 0.25) is 0 Å². The Balaban J connectivity index is 1.75. The maximum Gasteiger partial charge on any atom is 0.234 e. The molecule has 3 aliphatic rings. The number of primary amides is 1. The van der Waals surface area contributed by atoms with Crippen molar-refractivity contribution in [2.45, 2.75) is 37.3 Å². The van der Waals surface area contributed by atoms with E-state index in [-0.39, 0.29) is 17.9 Å². The summed E-state index contributed by atoms with van der Waals surface area (Å²) in [4.78, 5) is 14.3. The molecule has 3 nitrogen and oxygen atoms in total. The van der Waals surface area contributed by atoms with Crippen molar-refractivity contribution in [2.75, 3.05) is 6.54 Å². The molecule has 0 aromatic heterocycles. The number of carbonyl (C=O) groups excluding carboxylic acids is 1. The lowest BCUT2D eigenvalue weighted by atomic mass is 9.71. The molecule has 4 unspecified atom stereocenters. The molecule has 3 heterocycles. The first-order valence-electron chi connectivity index (χ1n) is 8.89. The lowest BCUT2D eigenvalue weighted by Gasteiger charge is -2.52. The second-order valence-electron chi connectivity index (χ2n) is 7.15. The number of hydrogen-bond acceptors (Lipinski definition) is 2. The number of amides is 1. The van der Waals surface area contributed by atoms with Crippen LogP contribution in [0.3, 0.4) is 0 Å². The Kier molecular flexibility index (Phi) is 4.11. The summed E-state index contributed by atoms with van der Waals surface area (Å²) >= 11 is 0. The van der Waals surface area contributed by atoms with Crippen LogP contribution in [0, 0.1) is 5.92 Å². The monoisotopic (exact) mass is 320 g/mol. The molecule has 3 saturated heterocycles. The molecule has 0 aliphatic carbocycles. The van der Waals surface area contributed by atoms with Gasteiger partial charge in [0.05, 0.1) is 6.04 Å². The molecule has 3 heteroatoms. The third-order valence-corrected chi connectivity index (χ3v) is 5.78. The molecular weight excluding hydrogens is 296 g/mol. The molecule has 0 spiro atoms. The fourth-order valence-corrected chi connectivity index (χ4v) is 4.71. The van der Waals surface area contributed by atoms with Crippen LogP contribution in [-0.2, 0) is 4.79 Å². The summed E-state index contributed by atoms with van der Waals surface area (Å²) in [6.07, 6.45) is 3.27. The third-order valence-electron chi connectivity index (χ3n) is 5.78. The van der Waals surface area contributed by atoms with Gasteiger partial charge in [-0.2, -0.15) is 0 Å². The highest BCUT2D eigenvalue weighted by molar-refractivity contribution is 5.80. The summed E-state index contributed by atoms with van der Waals surface area (Å²) in [5.74, 6) is 0.744. The van der Waals surface area contributed by atoms with Crippen molar-refractivity contribution >= 4 is 5.91 Å². The summed E-state index contributed by atoms with van der Waals surface area (Å²) < 4.78 is 0. The first-order chi connectivity index (χ1) is 11.7. The number of piperidine rings is 3. The molecule has 2 aromatic carbocycles. The van der Waals surface area contributed by atoms with Gasteiger partial charge in [0.25, 0.3) is 0 Å². The molecule has 24 heavy (non-hydrogen) atoms. The Morgan fingerprint density at radius 2 is 1.54 bits per heavy atom. The van der Waals surface area contributed by atoms with E-state index in [1.54, 1.807) is 0 Å². The number of hydrogen-bond donors (Lipinski definition) is 1. The standard InChI is InChI=1S/C21H24N2O/c22-21(24)19-14-15-11-12-23(19)18(13-15)20(16-7-3-1-4-8-16)17-9-5-2-6-10-17/h1-10,15,18-20H,11-14H2,(H2,22,24). The molecule has 0 radical (unpaired) electrons. The van der Waals surface area contributed by atoms with Gasteiger partial charge in [-0.15, -0.1) is 0 Å². The Morgan fingerprint density at radius 3 is 2.04 bits per heavy atom. The molecule has 3 aliphatic heterocycles. The van der Waals surface area contributed by atoms with Crippen LogP contribution in [0.15, 0.2) is 60.7 Å². The fourth-order valence-electron chi connectivity index (χ4n) is 4.71. The summed E-state index contributed by atoms with van der Waals surface area (Å²) in [5, 5.41) is 0. The lowest BCUT2D eigenvalue weighted by molar-refractivity contribution is -0.130. The summed E-state index contributed by atoms with van der Waals surface area (Å²) in [6, 6.07) is 21.6. The van der Waals surface area contributed by atoms with Crippen LogP contribution >= 0.6 is 0 Å². The molecule has 2 aromatic rings. The highest BCUT2D eigenvalue weighted by Crippen LogP contribution is 2.43. The van der Waals surface area contributed by atoms with Gasteiger partial charge in [0, 0.05) is 12.0 Å². The number of benzene rings is 2. The zero-order valence-electron chi connectivity index (χ0n) is 13.8. The molecule has 0 saturated carbocycles. The van der Waals surface area contributed by atoms with Crippen LogP contribution in [0.4, 0.5) is 0 Å². The van der Waals surface area contributed by atoms with E-state index in [0.29, 0.717) is 12.0 Å². The summed E-state index contributed by atoms with van der Waals surface area (Å²) in [7, 11) is 0. The number of rotatable bonds is 4. The van der Waals surface area contributed by atoms with E-state index in [4.69, 9.17) is 5.73 Å². The highest BCUT2D eigenvalue weighted by atomic mass is 16.1. The quantitative estimate of drug-likeness (QED) is 0.940. The Labute approximate surface area is 143 Å². The highest BCUT2D eigenvalue weighted by Gasteiger charge is 2.45. The van der Waals surface area contributed by atoms with E-state index in [9.17, 15) is 4.79 Å². The number of nitrogens with zero attached hydrogens (tertiary/aromatic N) is 1. The van der Waals surface area contributed by atoms with Crippen molar-refractivity contribution < 1.29 is 4.79 Å². The van der Waals surface area contributed by atoms with Gasteiger partial charge in [-0.3, -0.25) is 9.69 Å². The predicted octanol–water partition coefficient (Wildman–Crippen LogP) is 3.16. The van der Waals surface area contributed by atoms with Crippen molar-refractivity contribution in [2.24, 2.45) is 11.7 Å². The van der Waals surface area contributed by atoms with Crippen LogP contribution < -0.4 is 5.73 Å². The van der Waals surface area contributed by atoms with Gasteiger partial charge in [0.1, 0.15) is 0 Å². The van der Waals surface area contributed by atoms with Gasteiger partial charge in [-0.05, 0) is 42.9 Å². The first kappa shape index (κ1) is 15.4. The zero-order valence-corrected chi connectivity index (χ0v) is 13.8. The van der Waals surface area contributed by atoms with Gasteiger partial charge in [-0.25, -0.2) is 0 Å². The van der Waals surface area contributed by atoms with Gasteiger partial charge < -0.3 is 5.73 Å². The SMILES string of the molecule is NC(=O)C1CC2CCN1C(C(c1ccccc1)c1ccccc1)C2. The summed E-state index contributed by atoms with van der Waals surface area (Å²) in [5.41, 5.74) is 8.36. The molecule has 124 valence electrons. The molecule has 3 fully saturated rings. The third kappa shape index (κ3) is 2.73. The van der Waals surface area contributed by atoms with Crippen molar-refractivity contribution in [3.8, 4) is 0 Å². The predicted molar refractivity (Wildman–Crippen MR) is 95.5 cm³/mol. The number of carbonyl (C=O) groups is 1. The van der Waals surface area contributed by atoms with Crippen molar-refractivity contribution in [1.82, 2.24) is 4.90 Å². The maximum absolute atomic E-state index is 12.0. The Bertz CT molecular complexity index is 661. The van der Waals surface area contributed by atoms with Crippen molar-refractivity contribution in [1.29, 1.82) is 0 Å². The van der Waals surface area contributed by atoms with Gasteiger partial charge in [0.15, 0.2) is 0 Å². The zero-order chi connectivity index (χ0) is 16.5. The fraction of sp³-hybridized carbons (Fsp3) is 0.381. The first-order valence-corrected chi connectivity index (χ1v) is 8.89. The van der Waals surface area contributed by atoms with E-state index < -0.39 is 0 Å². The topological polar surface area (TPSA) is 46.3 Å². The maximum atomic E-state index is 12.0. The summed E-state index contributed by atoms with van der Waals surface area (Å²) in [6.45, 7) is 0.985. The molecule has 4 atom stereocenters. The van der Waals surface area contributed by atoms with Crippen LogP contribution in [0.1, 0.15) is 36.3 Å². The average Bonchev–Trinajstić information content (AvgIpc) is 2.64. The molecule has 1 amide bonds. The van der Waals surface area contributed by atoms with E-state index in [0.717, 1.165) is 19.4 Å². The average molecular weight is 320 g/mol. The van der Waals surface area contributed by atoms with Crippen LogP contribution in [0.5, 0.6) is 0 Å². The van der Waals surface area contributed by atoms with Crippen molar-refractivity contribution in [3.05, 3.63) is 71.8 Å².